The lowest BCUT2D eigenvalue weighted by Gasteiger charge is -1.99. The second-order valence-electron chi connectivity index (χ2n) is 4.61. The van der Waals surface area contributed by atoms with Gasteiger partial charge in [-0.15, -0.1) is 10.2 Å². The van der Waals surface area contributed by atoms with Gasteiger partial charge in [-0.05, 0) is 24.3 Å². The molecule has 0 radical (unpaired) electrons. The Hall–Kier alpha value is -1.95. The molecule has 0 aliphatic heterocycles. The summed E-state index contributed by atoms with van der Waals surface area (Å²) in [6.45, 7) is 0. The number of halogens is 2. The van der Waals surface area contributed by atoms with E-state index in [2.05, 4.69) is 15.3 Å². The van der Waals surface area contributed by atoms with Gasteiger partial charge in [0, 0.05) is 16.1 Å². The Morgan fingerprint density at radius 2 is 1.68 bits per heavy atom. The Bertz CT molecular complexity index is 959. The van der Waals surface area contributed by atoms with Crippen LogP contribution in [-0.2, 0) is 0 Å². The average molecular weight is 347 g/mol. The van der Waals surface area contributed by atoms with Gasteiger partial charge in [0.05, 0.1) is 5.02 Å². The van der Waals surface area contributed by atoms with E-state index < -0.39 is 0 Å². The maximum Gasteiger partial charge on any atom is 0.235 e. The van der Waals surface area contributed by atoms with Crippen molar-refractivity contribution < 1.29 is 0 Å². The molecular weight excluding hydrogens is 339 g/mol. The van der Waals surface area contributed by atoms with E-state index in [1.165, 1.54) is 11.3 Å². The van der Waals surface area contributed by atoms with Crippen LogP contribution in [0.5, 0.6) is 0 Å². The van der Waals surface area contributed by atoms with E-state index in [9.17, 15) is 0 Å². The second-order valence-corrected chi connectivity index (χ2v) is 6.41. The van der Waals surface area contributed by atoms with Crippen molar-refractivity contribution in [3.8, 4) is 22.0 Å². The van der Waals surface area contributed by atoms with Crippen molar-refractivity contribution in [3.05, 3.63) is 58.6 Å². The summed E-state index contributed by atoms with van der Waals surface area (Å²) >= 11 is 13.6. The van der Waals surface area contributed by atoms with Crippen molar-refractivity contribution in [2.45, 2.75) is 0 Å². The van der Waals surface area contributed by atoms with Crippen molar-refractivity contribution in [2.24, 2.45) is 0 Å². The normalized spacial score (nSPS) is 11.2. The molecule has 0 bridgehead atoms. The number of aromatic nitrogens is 4. The molecular formula is C15H8Cl2N4S. The Morgan fingerprint density at radius 3 is 2.45 bits per heavy atom. The van der Waals surface area contributed by atoms with E-state index in [1.807, 2.05) is 48.5 Å². The van der Waals surface area contributed by atoms with Crippen LogP contribution in [0.15, 0.2) is 48.5 Å². The minimum absolute atomic E-state index is 0.623. The highest BCUT2D eigenvalue weighted by atomic mass is 35.5. The molecule has 4 aromatic rings. The SMILES string of the molecule is Clc1ccc(-c2nn3c(-c4ccccc4Cl)nnc3s2)cc1. The Morgan fingerprint density at radius 1 is 0.909 bits per heavy atom. The highest BCUT2D eigenvalue weighted by molar-refractivity contribution is 7.19. The highest BCUT2D eigenvalue weighted by Gasteiger charge is 2.16. The molecule has 0 amide bonds. The standard InChI is InChI=1S/C15H8Cl2N4S/c16-10-7-5-9(6-8-10)14-20-21-13(18-19-15(21)22-14)11-3-1-2-4-12(11)17/h1-8H. The van der Waals surface area contributed by atoms with Gasteiger partial charge in [0.15, 0.2) is 5.82 Å². The molecule has 0 spiro atoms. The first-order valence-corrected chi connectivity index (χ1v) is 8.03. The van der Waals surface area contributed by atoms with Crippen LogP contribution in [-0.4, -0.2) is 19.8 Å². The molecule has 0 unspecified atom stereocenters. The molecule has 0 fully saturated rings. The fraction of sp³-hybridized carbons (Fsp3) is 0. The molecule has 108 valence electrons. The van der Waals surface area contributed by atoms with Crippen molar-refractivity contribution >= 4 is 39.5 Å². The van der Waals surface area contributed by atoms with Crippen LogP contribution in [0.25, 0.3) is 26.9 Å². The molecule has 2 aromatic carbocycles. The number of hydrogen-bond donors (Lipinski definition) is 0. The van der Waals surface area contributed by atoms with Crippen LogP contribution in [0.1, 0.15) is 0 Å². The number of rotatable bonds is 2. The zero-order valence-electron chi connectivity index (χ0n) is 11.1. The van der Waals surface area contributed by atoms with E-state index in [4.69, 9.17) is 23.2 Å². The zero-order chi connectivity index (χ0) is 15.1. The first-order valence-electron chi connectivity index (χ1n) is 6.45. The molecule has 4 nitrogen and oxygen atoms in total. The summed E-state index contributed by atoms with van der Waals surface area (Å²) in [6.07, 6.45) is 0. The van der Waals surface area contributed by atoms with Gasteiger partial charge >= 0.3 is 0 Å². The number of fused-ring (bicyclic) bond motifs is 1. The van der Waals surface area contributed by atoms with Crippen molar-refractivity contribution in [1.29, 1.82) is 0 Å². The molecule has 0 aliphatic carbocycles. The quantitative estimate of drug-likeness (QED) is 0.522. The van der Waals surface area contributed by atoms with Gasteiger partial charge in [-0.3, -0.25) is 0 Å². The van der Waals surface area contributed by atoms with Gasteiger partial charge in [0.2, 0.25) is 4.96 Å². The summed E-state index contributed by atoms with van der Waals surface area (Å²) in [7, 11) is 0. The zero-order valence-corrected chi connectivity index (χ0v) is 13.4. The molecule has 22 heavy (non-hydrogen) atoms. The maximum absolute atomic E-state index is 6.24. The van der Waals surface area contributed by atoms with E-state index in [1.54, 1.807) is 4.52 Å². The summed E-state index contributed by atoms with van der Waals surface area (Å²) in [5.41, 5.74) is 1.80. The average Bonchev–Trinajstić information content (AvgIpc) is 3.09. The smallest absolute Gasteiger partial charge is 0.182 e. The van der Waals surface area contributed by atoms with Gasteiger partial charge in [0.1, 0.15) is 5.01 Å². The first-order chi connectivity index (χ1) is 10.7. The lowest BCUT2D eigenvalue weighted by Crippen LogP contribution is -1.91. The van der Waals surface area contributed by atoms with Crippen LogP contribution in [0.4, 0.5) is 0 Å². The summed E-state index contributed by atoms with van der Waals surface area (Å²) < 4.78 is 1.72. The molecule has 0 saturated heterocycles. The van der Waals surface area contributed by atoms with Crippen LogP contribution >= 0.6 is 34.5 Å². The van der Waals surface area contributed by atoms with Gasteiger partial charge in [-0.25, -0.2) is 0 Å². The third kappa shape index (κ3) is 2.27. The number of nitrogens with zero attached hydrogens (tertiary/aromatic N) is 4. The minimum Gasteiger partial charge on any atom is -0.182 e. The topological polar surface area (TPSA) is 43.1 Å². The highest BCUT2D eigenvalue weighted by Crippen LogP contribution is 2.31. The van der Waals surface area contributed by atoms with Crippen LogP contribution in [0.2, 0.25) is 10.0 Å². The summed E-state index contributed by atoms with van der Waals surface area (Å²) in [5, 5.41) is 15.2. The lowest BCUT2D eigenvalue weighted by atomic mass is 10.2. The fourth-order valence-corrected chi connectivity index (χ4v) is 3.33. The van der Waals surface area contributed by atoms with Gasteiger partial charge < -0.3 is 0 Å². The number of hydrogen-bond acceptors (Lipinski definition) is 4. The fourth-order valence-electron chi connectivity index (χ4n) is 2.14. The Kier molecular flexibility index (Phi) is 3.33. The van der Waals surface area contributed by atoms with Crippen LogP contribution in [0.3, 0.4) is 0 Å². The molecule has 2 aromatic heterocycles. The Labute approximate surface area is 140 Å². The molecule has 7 heteroatoms. The monoisotopic (exact) mass is 346 g/mol. The third-order valence-corrected chi connectivity index (χ3v) is 4.73. The van der Waals surface area contributed by atoms with E-state index >= 15 is 0 Å². The van der Waals surface area contributed by atoms with Crippen LogP contribution in [0, 0.1) is 0 Å². The summed E-state index contributed by atoms with van der Waals surface area (Å²) in [4.78, 5) is 0.722. The largest absolute Gasteiger partial charge is 0.235 e. The molecule has 4 rings (SSSR count). The first kappa shape index (κ1) is 13.7. The predicted molar refractivity (Wildman–Crippen MR) is 89.6 cm³/mol. The van der Waals surface area contributed by atoms with E-state index in [-0.39, 0.29) is 0 Å². The van der Waals surface area contributed by atoms with Crippen molar-refractivity contribution in [3.63, 3.8) is 0 Å². The molecule has 0 aliphatic rings. The minimum atomic E-state index is 0.623. The molecule has 2 heterocycles. The predicted octanol–water partition coefficient (Wildman–Crippen LogP) is 4.83. The molecule has 0 saturated carbocycles. The number of benzene rings is 2. The molecule has 0 N–H and O–H groups in total. The summed E-state index contributed by atoms with van der Waals surface area (Å²) in [5.74, 6) is 0.636. The third-order valence-electron chi connectivity index (χ3n) is 3.20. The summed E-state index contributed by atoms with van der Waals surface area (Å²) in [6, 6.07) is 15.1. The van der Waals surface area contributed by atoms with Gasteiger partial charge in [-0.2, -0.15) is 9.61 Å². The second kappa shape index (κ2) is 5.35. The van der Waals surface area contributed by atoms with Crippen molar-refractivity contribution in [1.82, 2.24) is 19.8 Å². The van der Waals surface area contributed by atoms with Crippen LogP contribution < -0.4 is 0 Å². The van der Waals surface area contributed by atoms with E-state index in [0.717, 1.165) is 21.1 Å². The maximum atomic E-state index is 6.24. The van der Waals surface area contributed by atoms with Crippen molar-refractivity contribution in [2.75, 3.05) is 0 Å². The Balaban J connectivity index is 1.86. The lowest BCUT2D eigenvalue weighted by molar-refractivity contribution is 0.971. The van der Waals surface area contributed by atoms with Gasteiger partial charge in [0.25, 0.3) is 0 Å². The van der Waals surface area contributed by atoms with Gasteiger partial charge in [-0.1, -0.05) is 58.8 Å². The molecule has 0 atom stereocenters. The van der Waals surface area contributed by atoms with E-state index in [0.29, 0.717) is 15.9 Å².